The third kappa shape index (κ3) is 3.75. The number of nitrogens with one attached hydrogen (secondary N) is 2. The summed E-state index contributed by atoms with van der Waals surface area (Å²) in [6.07, 6.45) is 5.00. The number of anilines is 1. The molecule has 0 spiro atoms. The maximum atomic E-state index is 12.4. The molecule has 1 saturated carbocycles. The molecular weight excluding hydrogens is 286 g/mol. The fourth-order valence-electron chi connectivity index (χ4n) is 2.84. The first-order chi connectivity index (χ1) is 10.0. The summed E-state index contributed by atoms with van der Waals surface area (Å²) in [4.78, 5) is 0.304. The van der Waals surface area contributed by atoms with Crippen molar-refractivity contribution in [1.82, 2.24) is 4.72 Å². The Labute approximate surface area is 127 Å². The first-order valence-electron chi connectivity index (χ1n) is 7.60. The van der Waals surface area contributed by atoms with E-state index < -0.39 is 10.0 Å². The molecule has 0 aliphatic heterocycles. The molecule has 1 aromatic carbocycles. The van der Waals surface area contributed by atoms with Gasteiger partial charge in [0.25, 0.3) is 0 Å². The summed E-state index contributed by atoms with van der Waals surface area (Å²) in [6, 6.07) is 7.05. The van der Waals surface area contributed by atoms with Gasteiger partial charge in [0, 0.05) is 18.6 Å². The van der Waals surface area contributed by atoms with Crippen molar-refractivity contribution in [1.29, 1.82) is 0 Å². The zero-order valence-electron chi connectivity index (χ0n) is 12.6. The van der Waals surface area contributed by atoms with E-state index >= 15 is 0 Å². The molecular formula is C15H25N3O2S. The predicted molar refractivity (Wildman–Crippen MR) is 85.8 cm³/mol. The first-order valence-corrected chi connectivity index (χ1v) is 9.08. The molecule has 1 aromatic rings. The molecule has 0 unspecified atom stereocenters. The van der Waals surface area contributed by atoms with Gasteiger partial charge >= 0.3 is 0 Å². The zero-order chi connectivity index (χ0) is 15.3. The quantitative estimate of drug-likeness (QED) is 0.719. The van der Waals surface area contributed by atoms with Crippen LogP contribution in [0.15, 0.2) is 29.2 Å². The summed E-state index contributed by atoms with van der Waals surface area (Å²) in [7, 11) is -3.48. The average Bonchev–Trinajstić information content (AvgIpc) is 2.95. The second-order valence-electron chi connectivity index (χ2n) is 5.71. The topological polar surface area (TPSA) is 84.2 Å². The minimum atomic E-state index is -3.48. The zero-order valence-corrected chi connectivity index (χ0v) is 13.4. The van der Waals surface area contributed by atoms with Crippen molar-refractivity contribution < 1.29 is 8.42 Å². The number of benzene rings is 1. The van der Waals surface area contributed by atoms with Crippen molar-refractivity contribution in [3.63, 3.8) is 0 Å². The molecule has 0 saturated heterocycles. The second kappa shape index (κ2) is 6.77. The monoisotopic (exact) mass is 311 g/mol. The summed E-state index contributed by atoms with van der Waals surface area (Å²) >= 11 is 0. The molecule has 0 radical (unpaired) electrons. The van der Waals surface area contributed by atoms with Crippen molar-refractivity contribution in [3.8, 4) is 0 Å². The van der Waals surface area contributed by atoms with Gasteiger partial charge in [-0.25, -0.2) is 13.1 Å². The predicted octanol–water partition coefficient (Wildman–Crippen LogP) is 2.06. The summed E-state index contributed by atoms with van der Waals surface area (Å²) in [5, 5.41) is 3.41. The Morgan fingerprint density at radius 1 is 1.24 bits per heavy atom. The highest BCUT2D eigenvalue weighted by molar-refractivity contribution is 7.89. The SMILES string of the molecule is CCCNS(=O)(=O)c1ccccc1NC1(CN)CCCC1. The molecule has 6 heteroatoms. The maximum absolute atomic E-state index is 12.4. The van der Waals surface area contributed by atoms with Crippen LogP contribution in [0.3, 0.4) is 0 Å². The van der Waals surface area contributed by atoms with Gasteiger partial charge in [-0.2, -0.15) is 0 Å². The normalized spacial score (nSPS) is 17.8. The van der Waals surface area contributed by atoms with Gasteiger partial charge in [-0.05, 0) is 31.4 Å². The molecule has 0 amide bonds. The highest BCUT2D eigenvalue weighted by atomic mass is 32.2. The van der Waals surface area contributed by atoms with Crippen LogP contribution in [-0.2, 0) is 10.0 Å². The lowest BCUT2D eigenvalue weighted by Gasteiger charge is -2.31. The number of hydrogen-bond donors (Lipinski definition) is 3. The van der Waals surface area contributed by atoms with E-state index in [0.29, 0.717) is 23.7 Å². The van der Waals surface area contributed by atoms with Gasteiger partial charge in [0.2, 0.25) is 10.0 Å². The minimum absolute atomic E-state index is 0.170. The van der Waals surface area contributed by atoms with Crippen LogP contribution in [-0.4, -0.2) is 27.0 Å². The summed E-state index contributed by atoms with van der Waals surface area (Å²) in [5.74, 6) is 0. The van der Waals surface area contributed by atoms with Gasteiger partial charge in [0.05, 0.1) is 5.69 Å². The Bertz CT molecular complexity index is 566. The van der Waals surface area contributed by atoms with Gasteiger partial charge in [0.1, 0.15) is 4.90 Å². The van der Waals surface area contributed by atoms with E-state index in [1.54, 1.807) is 12.1 Å². The van der Waals surface area contributed by atoms with Crippen LogP contribution < -0.4 is 15.8 Å². The highest BCUT2D eigenvalue weighted by Crippen LogP contribution is 2.34. The highest BCUT2D eigenvalue weighted by Gasteiger charge is 2.33. The summed E-state index contributed by atoms with van der Waals surface area (Å²) < 4.78 is 27.4. The summed E-state index contributed by atoms with van der Waals surface area (Å²) in [5.41, 5.74) is 6.40. The number of para-hydroxylation sites is 1. The van der Waals surface area contributed by atoms with E-state index in [9.17, 15) is 8.42 Å². The Balaban J connectivity index is 2.29. The van der Waals surface area contributed by atoms with E-state index in [4.69, 9.17) is 5.73 Å². The van der Waals surface area contributed by atoms with Crippen LogP contribution in [0.4, 0.5) is 5.69 Å². The average molecular weight is 311 g/mol. The molecule has 118 valence electrons. The number of hydrogen-bond acceptors (Lipinski definition) is 4. The van der Waals surface area contributed by atoms with Gasteiger partial charge < -0.3 is 11.1 Å². The smallest absolute Gasteiger partial charge is 0.242 e. The van der Waals surface area contributed by atoms with Crippen LogP contribution in [0.25, 0.3) is 0 Å². The van der Waals surface area contributed by atoms with Crippen molar-refractivity contribution in [2.75, 3.05) is 18.4 Å². The molecule has 0 atom stereocenters. The largest absolute Gasteiger partial charge is 0.377 e. The summed E-state index contributed by atoms with van der Waals surface area (Å²) in [6.45, 7) is 2.90. The van der Waals surface area contributed by atoms with Crippen LogP contribution >= 0.6 is 0 Å². The van der Waals surface area contributed by atoms with Crippen LogP contribution in [0, 0.1) is 0 Å². The van der Waals surface area contributed by atoms with E-state index in [2.05, 4.69) is 10.0 Å². The molecule has 0 aromatic heterocycles. The third-order valence-electron chi connectivity index (χ3n) is 4.07. The maximum Gasteiger partial charge on any atom is 0.242 e. The lowest BCUT2D eigenvalue weighted by atomic mass is 9.97. The van der Waals surface area contributed by atoms with Crippen LogP contribution in [0.5, 0.6) is 0 Å². The molecule has 5 nitrogen and oxygen atoms in total. The van der Waals surface area contributed by atoms with Crippen molar-refractivity contribution >= 4 is 15.7 Å². The molecule has 0 bridgehead atoms. The molecule has 1 fully saturated rings. The molecule has 1 aliphatic carbocycles. The van der Waals surface area contributed by atoms with Gasteiger partial charge in [-0.1, -0.05) is 31.9 Å². The Kier molecular flexibility index (Phi) is 5.24. The number of rotatable bonds is 7. The van der Waals surface area contributed by atoms with E-state index in [1.165, 1.54) is 0 Å². The Morgan fingerprint density at radius 2 is 1.90 bits per heavy atom. The Morgan fingerprint density at radius 3 is 2.52 bits per heavy atom. The molecule has 2 rings (SSSR count). The number of sulfonamides is 1. The van der Waals surface area contributed by atoms with Gasteiger partial charge in [-0.15, -0.1) is 0 Å². The second-order valence-corrected chi connectivity index (χ2v) is 7.45. The van der Waals surface area contributed by atoms with Crippen LogP contribution in [0.2, 0.25) is 0 Å². The molecule has 21 heavy (non-hydrogen) atoms. The van der Waals surface area contributed by atoms with E-state index in [0.717, 1.165) is 32.1 Å². The van der Waals surface area contributed by atoms with Crippen molar-refractivity contribution in [3.05, 3.63) is 24.3 Å². The van der Waals surface area contributed by atoms with Crippen molar-refractivity contribution in [2.45, 2.75) is 49.5 Å². The van der Waals surface area contributed by atoms with Crippen LogP contribution in [0.1, 0.15) is 39.0 Å². The van der Waals surface area contributed by atoms with E-state index in [-0.39, 0.29) is 5.54 Å². The Hall–Kier alpha value is -1.11. The first kappa shape index (κ1) is 16.3. The number of nitrogens with two attached hydrogens (primary N) is 1. The van der Waals surface area contributed by atoms with Gasteiger partial charge in [0.15, 0.2) is 0 Å². The minimum Gasteiger partial charge on any atom is -0.377 e. The molecule has 0 heterocycles. The lowest BCUT2D eigenvalue weighted by Crippen LogP contribution is -2.43. The molecule has 1 aliphatic rings. The lowest BCUT2D eigenvalue weighted by molar-refractivity contribution is 0.491. The third-order valence-corrected chi connectivity index (χ3v) is 5.59. The van der Waals surface area contributed by atoms with Crippen molar-refractivity contribution in [2.24, 2.45) is 5.73 Å². The molecule has 4 N–H and O–H groups in total. The fraction of sp³-hybridized carbons (Fsp3) is 0.600. The fourth-order valence-corrected chi connectivity index (χ4v) is 4.13. The van der Waals surface area contributed by atoms with E-state index in [1.807, 2.05) is 19.1 Å². The van der Waals surface area contributed by atoms with Gasteiger partial charge in [-0.3, -0.25) is 0 Å². The standard InChI is InChI=1S/C15H25N3O2S/c1-2-11-17-21(19,20)14-8-4-3-7-13(14)18-15(12-16)9-5-6-10-15/h3-4,7-8,17-18H,2,5-6,9-12,16H2,1H3.